The molecular weight excluding hydrogens is 400 g/mol. The molecule has 0 spiro atoms. The Hall–Kier alpha value is -3.52. The minimum absolute atomic E-state index is 0.0574. The van der Waals surface area contributed by atoms with E-state index in [9.17, 15) is 14.4 Å². The normalized spacial score (nSPS) is 12.8. The molecule has 1 aromatic carbocycles. The number of carboxylic acids is 2. The second-order valence-electron chi connectivity index (χ2n) is 7.38. The molecule has 1 aliphatic rings. The van der Waals surface area contributed by atoms with E-state index in [1.165, 1.54) is 0 Å². The van der Waals surface area contributed by atoms with E-state index in [2.05, 4.69) is 16.0 Å². The summed E-state index contributed by atoms with van der Waals surface area (Å²) in [5.74, 6) is -0.832. The van der Waals surface area contributed by atoms with Gasteiger partial charge in [-0.15, -0.1) is 0 Å². The Morgan fingerprint density at radius 3 is 2.39 bits per heavy atom. The average Bonchev–Trinajstić information content (AvgIpc) is 2.70. The van der Waals surface area contributed by atoms with Crippen molar-refractivity contribution in [1.82, 2.24) is 9.88 Å². The smallest absolute Gasteiger partial charge is 0.328 e. The highest BCUT2D eigenvalue weighted by atomic mass is 16.5. The highest BCUT2D eigenvalue weighted by molar-refractivity contribution is 5.89. The van der Waals surface area contributed by atoms with Crippen LogP contribution in [0.2, 0.25) is 0 Å². The van der Waals surface area contributed by atoms with Gasteiger partial charge < -0.3 is 19.8 Å². The van der Waals surface area contributed by atoms with Crippen molar-refractivity contribution in [2.75, 3.05) is 20.6 Å². The molecule has 0 aliphatic carbocycles. The lowest BCUT2D eigenvalue weighted by molar-refractivity contribution is -0.134. The predicted octanol–water partition coefficient (Wildman–Crippen LogP) is 3.11. The maximum absolute atomic E-state index is 12.1. The molecular formula is C23H26N2O6. The molecule has 1 atom stereocenters. The lowest BCUT2D eigenvalue weighted by Gasteiger charge is -2.22. The number of carboxylic acid groups (broad SMARTS) is 2. The average molecular weight is 426 g/mol. The Balaban J connectivity index is 0.000000366. The molecule has 0 fully saturated rings. The van der Waals surface area contributed by atoms with E-state index in [4.69, 9.17) is 14.9 Å². The molecule has 2 heterocycles. The first-order valence-electron chi connectivity index (χ1n) is 9.71. The highest BCUT2D eigenvalue weighted by Gasteiger charge is 2.22. The molecule has 3 rings (SSSR count). The zero-order valence-corrected chi connectivity index (χ0v) is 17.7. The second kappa shape index (κ2) is 11.0. The second-order valence-corrected chi connectivity index (χ2v) is 7.38. The molecule has 1 unspecified atom stereocenters. The summed E-state index contributed by atoms with van der Waals surface area (Å²) in [7, 11) is 4.06. The van der Waals surface area contributed by atoms with Gasteiger partial charge in [-0.2, -0.15) is 0 Å². The number of carbonyl (C=O) groups excluding carboxylic acids is 1. The van der Waals surface area contributed by atoms with E-state index in [0.717, 1.165) is 41.8 Å². The number of carbonyl (C=O) groups is 3. The van der Waals surface area contributed by atoms with Gasteiger partial charge in [0, 0.05) is 36.3 Å². The van der Waals surface area contributed by atoms with Crippen LogP contribution in [0.15, 0.2) is 48.7 Å². The minimum Gasteiger partial charge on any atom is -0.478 e. The number of aliphatic carboxylic acids is 2. The van der Waals surface area contributed by atoms with Gasteiger partial charge in [0.05, 0.1) is 0 Å². The first-order chi connectivity index (χ1) is 14.7. The summed E-state index contributed by atoms with van der Waals surface area (Å²) in [5, 5.41) is 15.6. The topological polar surface area (TPSA) is 117 Å². The van der Waals surface area contributed by atoms with Gasteiger partial charge >= 0.3 is 11.9 Å². The van der Waals surface area contributed by atoms with Crippen molar-refractivity contribution in [3.8, 4) is 11.6 Å². The van der Waals surface area contributed by atoms with Crippen molar-refractivity contribution in [1.29, 1.82) is 0 Å². The summed E-state index contributed by atoms with van der Waals surface area (Å²) >= 11 is 0. The zero-order valence-electron chi connectivity index (χ0n) is 17.7. The fraction of sp³-hybridized carbons (Fsp3) is 0.304. The predicted molar refractivity (Wildman–Crippen MR) is 115 cm³/mol. The molecule has 0 saturated carbocycles. The summed E-state index contributed by atoms with van der Waals surface area (Å²) in [5.41, 5.74) is 3.29. The lowest BCUT2D eigenvalue weighted by Crippen LogP contribution is -2.19. The van der Waals surface area contributed by atoms with Gasteiger partial charge in [0.25, 0.3) is 0 Å². The number of ketones is 1. The molecule has 31 heavy (non-hydrogen) atoms. The van der Waals surface area contributed by atoms with E-state index >= 15 is 0 Å². The zero-order chi connectivity index (χ0) is 23.0. The molecule has 164 valence electrons. The van der Waals surface area contributed by atoms with E-state index < -0.39 is 11.9 Å². The molecule has 8 nitrogen and oxygen atoms in total. The molecule has 0 saturated heterocycles. The Morgan fingerprint density at radius 2 is 1.81 bits per heavy atom. The van der Waals surface area contributed by atoms with Crippen molar-refractivity contribution in [2.45, 2.75) is 25.7 Å². The fourth-order valence-electron chi connectivity index (χ4n) is 3.15. The maximum atomic E-state index is 12.1. The largest absolute Gasteiger partial charge is 0.478 e. The summed E-state index contributed by atoms with van der Waals surface area (Å²) < 4.78 is 5.87. The third kappa shape index (κ3) is 7.35. The van der Waals surface area contributed by atoms with Gasteiger partial charge in [0.2, 0.25) is 5.88 Å². The number of nitrogens with zero attached hydrogens (tertiary/aromatic N) is 2. The number of hydrogen-bond acceptors (Lipinski definition) is 6. The number of Topliss-reactive ketones (excluding diaryl/α,β-unsaturated/α-hetero) is 1. The Kier molecular flexibility index (Phi) is 8.45. The number of fused-ring (bicyclic) bond motifs is 2. The van der Waals surface area contributed by atoms with E-state index in [-0.39, 0.29) is 11.7 Å². The summed E-state index contributed by atoms with van der Waals surface area (Å²) in [6.07, 6.45) is 4.49. The first kappa shape index (κ1) is 23.8. The molecule has 0 amide bonds. The number of ether oxygens (including phenoxy) is 1. The Labute approximate surface area is 180 Å². The third-order valence-corrected chi connectivity index (χ3v) is 4.65. The molecule has 1 aliphatic heterocycles. The van der Waals surface area contributed by atoms with Gasteiger partial charge in [-0.25, -0.2) is 14.6 Å². The monoisotopic (exact) mass is 426 g/mol. The Bertz CT molecular complexity index is 968. The third-order valence-electron chi connectivity index (χ3n) is 4.65. The van der Waals surface area contributed by atoms with Crippen molar-refractivity contribution >= 4 is 17.7 Å². The summed E-state index contributed by atoms with van der Waals surface area (Å²) in [6.45, 7) is 2.57. The highest BCUT2D eigenvalue weighted by Crippen LogP contribution is 2.36. The van der Waals surface area contributed by atoms with E-state index in [0.29, 0.717) is 18.0 Å². The van der Waals surface area contributed by atoms with Crippen molar-refractivity contribution in [2.24, 2.45) is 0 Å². The van der Waals surface area contributed by atoms with Crippen LogP contribution in [0, 0.1) is 0 Å². The van der Waals surface area contributed by atoms with Crippen LogP contribution in [0.25, 0.3) is 0 Å². The van der Waals surface area contributed by atoms with Gasteiger partial charge in [-0.05, 0) is 57.2 Å². The van der Waals surface area contributed by atoms with Crippen molar-refractivity contribution in [3.63, 3.8) is 0 Å². The van der Waals surface area contributed by atoms with E-state index in [1.54, 1.807) is 13.1 Å². The van der Waals surface area contributed by atoms with Gasteiger partial charge in [0.15, 0.2) is 0 Å². The van der Waals surface area contributed by atoms with Crippen LogP contribution < -0.4 is 4.74 Å². The van der Waals surface area contributed by atoms with Crippen LogP contribution in [-0.4, -0.2) is 58.5 Å². The van der Waals surface area contributed by atoms with Crippen LogP contribution in [0.5, 0.6) is 11.6 Å². The van der Waals surface area contributed by atoms with Crippen LogP contribution in [0.3, 0.4) is 0 Å². The van der Waals surface area contributed by atoms with Gasteiger partial charge in [-0.3, -0.25) is 4.79 Å². The molecule has 0 radical (unpaired) electrons. The molecule has 2 N–H and O–H groups in total. The number of pyridine rings is 1. The van der Waals surface area contributed by atoms with Crippen LogP contribution in [0.4, 0.5) is 0 Å². The van der Waals surface area contributed by atoms with Crippen LogP contribution in [-0.2, 0) is 20.8 Å². The SMILES string of the molecule is CC(=O)C(CCN(C)C)c1ccc2c(c1)Cc1cccnc1O2.O=C(O)C=CC(=O)O. The molecule has 1 aromatic heterocycles. The lowest BCUT2D eigenvalue weighted by atomic mass is 9.89. The summed E-state index contributed by atoms with van der Waals surface area (Å²) in [6, 6.07) is 10.0. The van der Waals surface area contributed by atoms with E-state index in [1.807, 2.05) is 38.4 Å². The first-order valence-corrected chi connectivity index (χ1v) is 9.71. The van der Waals surface area contributed by atoms with Crippen molar-refractivity contribution in [3.05, 3.63) is 65.4 Å². The van der Waals surface area contributed by atoms with Crippen LogP contribution >= 0.6 is 0 Å². The molecule has 8 heteroatoms. The quantitative estimate of drug-likeness (QED) is 0.554. The number of benzene rings is 1. The maximum Gasteiger partial charge on any atom is 0.328 e. The standard InChI is InChI=1S/C19H22N2O2.C4H4O4/c1-13(22)17(8-10-21(2)3)14-6-7-18-16(11-14)12-15-5-4-9-20-19(15)23-18;5-3(6)1-2-4(7)8/h4-7,9,11,17H,8,10,12H2,1-3H3;1-2H,(H,5,6)(H,7,8). The molecule has 0 bridgehead atoms. The van der Waals surface area contributed by atoms with Crippen LogP contribution in [0.1, 0.15) is 36.0 Å². The number of aromatic nitrogens is 1. The fourth-order valence-corrected chi connectivity index (χ4v) is 3.15. The summed E-state index contributed by atoms with van der Waals surface area (Å²) in [4.78, 5) is 37.6. The minimum atomic E-state index is -1.26. The number of hydrogen-bond donors (Lipinski definition) is 2. The Morgan fingerprint density at radius 1 is 1.13 bits per heavy atom. The number of rotatable bonds is 7. The van der Waals surface area contributed by atoms with Crippen molar-refractivity contribution < 1.29 is 29.3 Å². The van der Waals surface area contributed by atoms with Gasteiger partial charge in [-0.1, -0.05) is 18.2 Å². The van der Waals surface area contributed by atoms with Gasteiger partial charge in [0.1, 0.15) is 11.5 Å². The molecule has 2 aromatic rings.